The minimum atomic E-state index is -3.16. The number of hydrogen-bond acceptors (Lipinski definition) is 6. The van der Waals surface area contributed by atoms with Gasteiger partial charge in [0, 0.05) is 38.1 Å². The zero-order valence-electron chi connectivity index (χ0n) is 14.8. The molecule has 3 rings (SSSR count). The standard InChI is InChI=1S/C16H26N4O4S/c1-3-9-24-16(21)20-8-7-19(10-15-17-5-6-18(15)4-2)13-11-25(22,23)12-14(13)20/h5-6,13-14H,3-4,7-12H2,1-2H3/t13-,14+/m0/s1. The first kappa shape index (κ1) is 18.2. The Balaban J connectivity index is 1.77. The van der Waals surface area contributed by atoms with Crippen LogP contribution in [-0.2, 0) is 27.7 Å². The summed E-state index contributed by atoms with van der Waals surface area (Å²) in [6.07, 6.45) is 4.04. The minimum absolute atomic E-state index is 0.0115. The first-order chi connectivity index (χ1) is 11.9. The molecule has 2 aliphatic rings. The van der Waals surface area contributed by atoms with Crippen molar-refractivity contribution in [1.29, 1.82) is 0 Å². The third kappa shape index (κ3) is 3.82. The Labute approximate surface area is 148 Å². The van der Waals surface area contributed by atoms with Gasteiger partial charge in [0.1, 0.15) is 5.82 Å². The number of carbonyl (C=O) groups is 1. The van der Waals surface area contributed by atoms with Crippen molar-refractivity contribution in [3.05, 3.63) is 18.2 Å². The van der Waals surface area contributed by atoms with Crippen molar-refractivity contribution in [3.63, 3.8) is 0 Å². The molecule has 1 aromatic heterocycles. The Morgan fingerprint density at radius 3 is 2.76 bits per heavy atom. The molecule has 0 N–H and O–H groups in total. The van der Waals surface area contributed by atoms with Gasteiger partial charge in [-0.3, -0.25) is 4.90 Å². The summed E-state index contributed by atoms with van der Waals surface area (Å²) in [5, 5.41) is 0. The van der Waals surface area contributed by atoms with E-state index < -0.39 is 15.9 Å². The number of rotatable bonds is 5. The summed E-state index contributed by atoms with van der Waals surface area (Å²) >= 11 is 0. The number of aromatic nitrogens is 2. The molecule has 8 nitrogen and oxygen atoms in total. The number of piperazine rings is 1. The summed E-state index contributed by atoms with van der Waals surface area (Å²) in [6.45, 7) is 6.86. The van der Waals surface area contributed by atoms with E-state index in [-0.39, 0.29) is 23.6 Å². The SMILES string of the molecule is CCCOC(=O)N1CCN(Cc2nccn2CC)[C@H]2CS(=O)(=O)C[C@H]21. The van der Waals surface area contributed by atoms with E-state index in [0.717, 1.165) is 18.8 Å². The lowest BCUT2D eigenvalue weighted by atomic mass is 10.1. The molecule has 2 atom stereocenters. The van der Waals surface area contributed by atoms with Crippen LogP contribution in [0.3, 0.4) is 0 Å². The molecule has 1 amide bonds. The number of aryl methyl sites for hydroxylation is 1. The predicted octanol–water partition coefficient (Wildman–Crippen LogP) is 0.733. The molecule has 140 valence electrons. The van der Waals surface area contributed by atoms with E-state index in [4.69, 9.17) is 4.74 Å². The minimum Gasteiger partial charge on any atom is -0.449 e. The van der Waals surface area contributed by atoms with Gasteiger partial charge in [0.05, 0.1) is 30.7 Å². The van der Waals surface area contributed by atoms with Gasteiger partial charge in [-0.15, -0.1) is 0 Å². The van der Waals surface area contributed by atoms with Gasteiger partial charge in [-0.1, -0.05) is 6.92 Å². The van der Waals surface area contributed by atoms with Crippen molar-refractivity contribution >= 4 is 15.9 Å². The number of hydrogen-bond donors (Lipinski definition) is 0. The molecule has 3 heterocycles. The van der Waals surface area contributed by atoms with Gasteiger partial charge >= 0.3 is 6.09 Å². The maximum atomic E-state index is 12.3. The highest BCUT2D eigenvalue weighted by Gasteiger charge is 2.48. The second-order valence-electron chi connectivity index (χ2n) is 6.62. The van der Waals surface area contributed by atoms with Crippen molar-refractivity contribution in [2.45, 2.75) is 45.4 Å². The van der Waals surface area contributed by atoms with Gasteiger partial charge in [0.2, 0.25) is 0 Å². The molecule has 2 fully saturated rings. The summed E-state index contributed by atoms with van der Waals surface area (Å²) in [5.74, 6) is 1.02. The van der Waals surface area contributed by atoms with Crippen LogP contribution in [0.4, 0.5) is 4.79 Å². The van der Waals surface area contributed by atoms with Crippen molar-refractivity contribution in [2.24, 2.45) is 0 Å². The van der Waals surface area contributed by atoms with Crippen molar-refractivity contribution < 1.29 is 17.9 Å². The maximum Gasteiger partial charge on any atom is 0.410 e. The molecule has 9 heteroatoms. The first-order valence-electron chi connectivity index (χ1n) is 8.83. The fourth-order valence-corrected chi connectivity index (χ4v) is 5.69. The van der Waals surface area contributed by atoms with E-state index in [1.165, 1.54) is 0 Å². The molecule has 25 heavy (non-hydrogen) atoms. The van der Waals surface area contributed by atoms with Gasteiger partial charge in [0.15, 0.2) is 9.84 Å². The van der Waals surface area contributed by atoms with Crippen LogP contribution >= 0.6 is 0 Å². The molecule has 0 aromatic carbocycles. The van der Waals surface area contributed by atoms with Gasteiger partial charge in [-0.25, -0.2) is 18.2 Å². The van der Waals surface area contributed by atoms with Crippen molar-refractivity contribution in [2.75, 3.05) is 31.2 Å². The third-order valence-corrected chi connectivity index (χ3v) is 6.64. The van der Waals surface area contributed by atoms with E-state index in [1.807, 2.05) is 13.1 Å². The van der Waals surface area contributed by atoms with Gasteiger partial charge in [-0.2, -0.15) is 0 Å². The molecule has 0 radical (unpaired) electrons. The van der Waals surface area contributed by atoms with E-state index in [0.29, 0.717) is 26.2 Å². The largest absolute Gasteiger partial charge is 0.449 e. The molecular formula is C16H26N4O4S. The summed E-state index contributed by atoms with van der Waals surface area (Å²) < 4.78 is 31.7. The van der Waals surface area contributed by atoms with Crippen LogP contribution < -0.4 is 0 Å². The van der Waals surface area contributed by atoms with Crippen molar-refractivity contribution in [3.8, 4) is 0 Å². The maximum absolute atomic E-state index is 12.3. The highest BCUT2D eigenvalue weighted by molar-refractivity contribution is 7.91. The highest BCUT2D eigenvalue weighted by atomic mass is 32.2. The Bertz CT molecular complexity index is 717. The zero-order valence-corrected chi connectivity index (χ0v) is 15.6. The fourth-order valence-electron chi connectivity index (χ4n) is 3.68. The lowest BCUT2D eigenvalue weighted by Crippen LogP contribution is -2.60. The average Bonchev–Trinajstić information content (AvgIpc) is 3.15. The molecule has 2 aliphatic heterocycles. The number of ether oxygens (including phenoxy) is 1. The molecule has 0 bridgehead atoms. The number of imidazole rings is 1. The number of carbonyl (C=O) groups excluding carboxylic acids is 1. The smallest absolute Gasteiger partial charge is 0.410 e. The quantitative estimate of drug-likeness (QED) is 0.760. The molecule has 1 aromatic rings. The van der Waals surface area contributed by atoms with Crippen molar-refractivity contribution in [1.82, 2.24) is 19.4 Å². The van der Waals surface area contributed by atoms with E-state index in [1.54, 1.807) is 11.1 Å². The predicted molar refractivity (Wildman–Crippen MR) is 92.9 cm³/mol. The topological polar surface area (TPSA) is 84.7 Å². The molecule has 0 spiro atoms. The van der Waals surface area contributed by atoms with Crippen LogP contribution in [0, 0.1) is 0 Å². The zero-order chi connectivity index (χ0) is 18.0. The lowest BCUT2D eigenvalue weighted by molar-refractivity contribution is 0.0256. The highest BCUT2D eigenvalue weighted by Crippen LogP contribution is 2.28. The number of sulfone groups is 1. The third-order valence-electron chi connectivity index (χ3n) is 4.94. The Hall–Kier alpha value is -1.61. The summed E-state index contributed by atoms with van der Waals surface area (Å²) in [5.41, 5.74) is 0. The summed E-state index contributed by atoms with van der Waals surface area (Å²) in [4.78, 5) is 20.5. The Kier molecular flexibility index (Phi) is 5.33. The first-order valence-corrected chi connectivity index (χ1v) is 10.6. The van der Waals surface area contributed by atoms with Crippen LogP contribution in [0.5, 0.6) is 0 Å². The van der Waals surface area contributed by atoms with Crippen LogP contribution in [0.2, 0.25) is 0 Å². The van der Waals surface area contributed by atoms with E-state index >= 15 is 0 Å². The van der Waals surface area contributed by atoms with Crippen LogP contribution in [0.25, 0.3) is 0 Å². The number of fused-ring (bicyclic) bond motifs is 1. The van der Waals surface area contributed by atoms with E-state index in [2.05, 4.69) is 21.4 Å². The summed E-state index contributed by atoms with van der Waals surface area (Å²) in [7, 11) is -3.16. The summed E-state index contributed by atoms with van der Waals surface area (Å²) in [6, 6.07) is -0.539. The molecule has 0 unspecified atom stereocenters. The van der Waals surface area contributed by atoms with Crippen LogP contribution in [-0.4, -0.2) is 77.1 Å². The lowest BCUT2D eigenvalue weighted by Gasteiger charge is -2.43. The van der Waals surface area contributed by atoms with Gasteiger partial charge < -0.3 is 14.2 Å². The van der Waals surface area contributed by atoms with Crippen LogP contribution in [0.15, 0.2) is 12.4 Å². The monoisotopic (exact) mass is 370 g/mol. The second-order valence-corrected chi connectivity index (χ2v) is 8.77. The molecule has 0 aliphatic carbocycles. The molecule has 2 saturated heterocycles. The second kappa shape index (κ2) is 7.33. The van der Waals surface area contributed by atoms with Gasteiger partial charge in [0.25, 0.3) is 0 Å². The normalized spacial score (nSPS) is 25.8. The average molecular weight is 370 g/mol. The van der Waals surface area contributed by atoms with E-state index in [9.17, 15) is 13.2 Å². The molecule has 0 saturated carbocycles. The molecular weight excluding hydrogens is 344 g/mol. The Morgan fingerprint density at radius 1 is 1.28 bits per heavy atom. The number of amides is 1. The van der Waals surface area contributed by atoms with Gasteiger partial charge in [-0.05, 0) is 13.3 Å². The Morgan fingerprint density at radius 2 is 2.04 bits per heavy atom. The number of nitrogens with zero attached hydrogens (tertiary/aromatic N) is 4. The van der Waals surface area contributed by atoms with Crippen LogP contribution in [0.1, 0.15) is 26.1 Å². The fraction of sp³-hybridized carbons (Fsp3) is 0.750.